The molecule has 1 aromatic heterocycles. The lowest BCUT2D eigenvalue weighted by Crippen LogP contribution is -2.16. The van der Waals surface area contributed by atoms with Gasteiger partial charge in [0.2, 0.25) is 0 Å². The molecule has 1 rings (SSSR count). The van der Waals surface area contributed by atoms with E-state index in [2.05, 4.69) is 16.2 Å². The van der Waals surface area contributed by atoms with Gasteiger partial charge in [0, 0.05) is 6.07 Å². The van der Waals surface area contributed by atoms with Crippen LogP contribution in [0.1, 0.15) is 13.3 Å². The molecule has 0 bridgehead atoms. The van der Waals surface area contributed by atoms with Crippen molar-refractivity contribution in [2.24, 2.45) is 0 Å². The smallest absolute Gasteiger partial charge is 0.287 e. The van der Waals surface area contributed by atoms with Crippen LogP contribution in [0.5, 0.6) is 0 Å². The Labute approximate surface area is 87.7 Å². The molecule has 0 aliphatic heterocycles. The van der Waals surface area contributed by atoms with Crippen LogP contribution in [-0.4, -0.2) is 15.9 Å². The van der Waals surface area contributed by atoms with Crippen LogP contribution in [0, 0.1) is 22.5 Å². The van der Waals surface area contributed by atoms with E-state index in [1.165, 1.54) is 18.3 Å². The standard InChI is InChI=1S/C10H11N3O2/c1-3-8(4-2)12-10-6-5-9(7-11-10)13(14)15/h1,5-8H,4H2,2H3,(H,11,12). The van der Waals surface area contributed by atoms with Crippen molar-refractivity contribution < 1.29 is 4.92 Å². The van der Waals surface area contributed by atoms with Crippen LogP contribution in [0.25, 0.3) is 0 Å². The van der Waals surface area contributed by atoms with E-state index in [0.29, 0.717) is 5.82 Å². The monoisotopic (exact) mass is 205 g/mol. The number of nitrogens with one attached hydrogen (secondary N) is 1. The van der Waals surface area contributed by atoms with Crippen molar-refractivity contribution in [2.75, 3.05) is 5.32 Å². The molecule has 5 nitrogen and oxygen atoms in total. The zero-order valence-corrected chi connectivity index (χ0v) is 8.30. The Morgan fingerprint density at radius 2 is 2.47 bits per heavy atom. The minimum atomic E-state index is -0.491. The fourth-order valence-electron chi connectivity index (χ4n) is 1.02. The lowest BCUT2D eigenvalue weighted by atomic mass is 10.2. The normalized spacial score (nSPS) is 11.5. The third kappa shape index (κ3) is 2.95. The summed E-state index contributed by atoms with van der Waals surface area (Å²) in [6.07, 6.45) is 7.23. The van der Waals surface area contributed by atoms with Gasteiger partial charge in [0.15, 0.2) is 0 Å². The Hall–Kier alpha value is -2.09. The van der Waals surface area contributed by atoms with Crippen LogP contribution in [0.4, 0.5) is 11.5 Å². The van der Waals surface area contributed by atoms with Crippen molar-refractivity contribution in [2.45, 2.75) is 19.4 Å². The second kappa shape index (κ2) is 4.96. The van der Waals surface area contributed by atoms with E-state index < -0.39 is 4.92 Å². The highest BCUT2D eigenvalue weighted by Crippen LogP contribution is 2.12. The topological polar surface area (TPSA) is 68.1 Å². The molecule has 0 saturated carbocycles. The van der Waals surface area contributed by atoms with E-state index in [9.17, 15) is 10.1 Å². The number of rotatable bonds is 4. The predicted octanol–water partition coefficient (Wildman–Crippen LogP) is 1.81. The van der Waals surface area contributed by atoms with Crippen molar-refractivity contribution in [3.05, 3.63) is 28.4 Å². The fourth-order valence-corrected chi connectivity index (χ4v) is 1.02. The van der Waals surface area contributed by atoms with Crippen molar-refractivity contribution in [1.82, 2.24) is 4.98 Å². The lowest BCUT2D eigenvalue weighted by molar-refractivity contribution is -0.385. The third-order valence-corrected chi connectivity index (χ3v) is 1.89. The highest BCUT2D eigenvalue weighted by atomic mass is 16.6. The molecule has 1 aromatic rings. The third-order valence-electron chi connectivity index (χ3n) is 1.89. The van der Waals surface area contributed by atoms with Gasteiger partial charge in [-0.2, -0.15) is 0 Å². The molecule has 78 valence electrons. The molecule has 0 spiro atoms. The van der Waals surface area contributed by atoms with Crippen molar-refractivity contribution in [3.8, 4) is 12.3 Å². The van der Waals surface area contributed by atoms with Gasteiger partial charge in [0.25, 0.3) is 5.69 Å². The van der Waals surface area contributed by atoms with Crippen molar-refractivity contribution >= 4 is 11.5 Å². The predicted molar refractivity (Wildman–Crippen MR) is 57.4 cm³/mol. The quantitative estimate of drug-likeness (QED) is 0.462. The molecule has 0 aliphatic rings. The van der Waals surface area contributed by atoms with E-state index in [4.69, 9.17) is 6.42 Å². The van der Waals surface area contributed by atoms with Crippen LogP contribution in [-0.2, 0) is 0 Å². The first kappa shape index (κ1) is 11.0. The average molecular weight is 205 g/mol. The molecular weight excluding hydrogens is 194 g/mol. The maximum Gasteiger partial charge on any atom is 0.287 e. The number of aromatic nitrogens is 1. The summed E-state index contributed by atoms with van der Waals surface area (Å²) in [6.45, 7) is 1.95. The number of anilines is 1. The van der Waals surface area contributed by atoms with Crippen molar-refractivity contribution in [3.63, 3.8) is 0 Å². The van der Waals surface area contributed by atoms with Gasteiger partial charge in [0.1, 0.15) is 12.0 Å². The van der Waals surface area contributed by atoms with Crippen LogP contribution in [0.2, 0.25) is 0 Å². The Balaban J connectivity index is 2.73. The van der Waals surface area contributed by atoms with E-state index in [1.807, 2.05) is 6.92 Å². The summed E-state index contributed by atoms with van der Waals surface area (Å²) in [4.78, 5) is 13.8. The van der Waals surface area contributed by atoms with Crippen LogP contribution in [0.15, 0.2) is 18.3 Å². The van der Waals surface area contributed by atoms with Crippen LogP contribution < -0.4 is 5.32 Å². The first-order valence-electron chi connectivity index (χ1n) is 4.50. The van der Waals surface area contributed by atoms with Gasteiger partial charge < -0.3 is 5.32 Å². The number of terminal acetylenes is 1. The highest BCUT2D eigenvalue weighted by molar-refractivity contribution is 5.42. The molecule has 0 aliphatic carbocycles. The van der Waals surface area contributed by atoms with Crippen molar-refractivity contribution in [1.29, 1.82) is 0 Å². The van der Waals surface area contributed by atoms with Crippen LogP contribution >= 0.6 is 0 Å². The van der Waals surface area contributed by atoms with Gasteiger partial charge in [-0.25, -0.2) is 4.98 Å². The summed E-state index contributed by atoms with van der Waals surface area (Å²) in [5.74, 6) is 3.10. The first-order valence-corrected chi connectivity index (χ1v) is 4.50. The van der Waals surface area contributed by atoms with E-state index in [0.717, 1.165) is 6.42 Å². The Morgan fingerprint density at radius 3 is 2.87 bits per heavy atom. The summed E-state index contributed by atoms with van der Waals surface area (Å²) < 4.78 is 0. The summed E-state index contributed by atoms with van der Waals surface area (Å²) in [7, 11) is 0. The number of nitro groups is 1. The van der Waals surface area contributed by atoms with Gasteiger partial charge >= 0.3 is 0 Å². The van der Waals surface area contributed by atoms with E-state index in [-0.39, 0.29) is 11.7 Å². The average Bonchev–Trinajstić information content (AvgIpc) is 2.26. The molecule has 5 heteroatoms. The molecule has 0 radical (unpaired) electrons. The summed E-state index contributed by atoms with van der Waals surface area (Å²) >= 11 is 0. The number of pyridine rings is 1. The molecule has 1 heterocycles. The number of nitrogens with zero attached hydrogens (tertiary/aromatic N) is 2. The molecule has 15 heavy (non-hydrogen) atoms. The molecule has 1 N–H and O–H groups in total. The zero-order chi connectivity index (χ0) is 11.3. The lowest BCUT2D eigenvalue weighted by Gasteiger charge is -2.10. The molecular formula is C10H11N3O2. The Bertz CT molecular complexity index is 381. The second-order valence-corrected chi connectivity index (χ2v) is 2.93. The van der Waals surface area contributed by atoms with E-state index >= 15 is 0 Å². The number of hydrogen-bond donors (Lipinski definition) is 1. The SMILES string of the molecule is C#CC(CC)Nc1ccc([N+](=O)[O-])cn1. The highest BCUT2D eigenvalue weighted by Gasteiger charge is 2.06. The minimum absolute atomic E-state index is 0.0330. The molecule has 0 aromatic carbocycles. The minimum Gasteiger partial charge on any atom is -0.356 e. The van der Waals surface area contributed by atoms with Gasteiger partial charge in [0.05, 0.1) is 11.0 Å². The largest absolute Gasteiger partial charge is 0.356 e. The second-order valence-electron chi connectivity index (χ2n) is 2.93. The van der Waals surface area contributed by atoms with Crippen LogP contribution in [0.3, 0.4) is 0 Å². The molecule has 0 amide bonds. The molecule has 1 unspecified atom stereocenters. The summed E-state index contributed by atoms with van der Waals surface area (Å²) in [5, 5.41) is 13.3. The Kier molecular flexibility index (Phi) is 3.63. The maximum atomic E-state index is 10.4. The summed E-state index contributed by atoms with van der Waals surface area (Å²) in [6, 6.07) is 2.83. The Morgan fingerprint density at radius 1 is 1.73 bits per heavy atom. The summed E-state index contributed by atoms with van der Waals surface area (Å²) in [5.41, 5.74) is -0.0330. The van der Waals surface area contributed by atoms with Gasteiger partial charge in [-0.1, -0.05) is 12.8 Å². The number of hydrogen-bond acceptors (Lipinski definition) is 4. The first-order chi connectivity index (χ1) is 7.17. The van der Waals surface area contributed by atoms with Gasteiger partial charge in [-0.05, 0) is 12.5 Å². The maximum absolute atomic E-state index is 10.4. The zero-order valence-electron chi connectivity index (χ0n) is 8.30. The molecule has 0 saturated heterocycles. The molecule has 1 atom stereocenters. The van der Waals surface area contributed by atoms with E-state index in [1.54, 1.807) is 0 Å². The van der Waals surface area contributed by atoms with Gasteiger partial charge in [-0.15, -0.1) is 6.42 Å². The fraction of sp³-hybridized carbons (Fsp3) is 0.300. The van der Waals surface area contributed by atoms with Gasteiger partial charge in [-0.3, -0.25) is 10.1 Å². The molecule has 0 fully saturated rings.